The molecule has 1 amide bonds. The van der Waals surface area contributed by atoms with Gasteiger partial charge in [0.2, 0.25) is 10.0 Å². The summed E-state index contributed by atoms with van der Waals surface area (Å²) in [7, 11) is -4.07. The largest absolute Gasteiger partial charge is 0.339 e. The van der Waals surface area contributed by atoms with E-state index in [9.17, 15) is 23.3 Å². The van der Waals surface area contributed by atoms with Crippen LogP contribution in [0, 0.1) is 10.1 Å². The Kier molecular flexibility index (Phi) is 8.62. The Bertz CT molecular complexity index is 1690. The molecule has 1 atom stereocenters. The molecule has 0 aliphatic carbocycles. The van der Waals surface area contributed by atoms with E-state index in [0.717, 1.165) is 22.0 Å². The fourth-order valence-corrected chi connectivity index (χ4v) is 7.18. The van der Waals surface area contributed by atoms with Crippen LogP contribution < -0.4 is 0 Å². The van der Waals surface area contributed by atoms with Crippen molar-refractivity contribution in [1.82, 2.24) is 19.1 Å². The van der Waals surface area contributed by atoms with Crippen LogP contribution in [-0.4, -0.2) is 77.6 Å². The molecule has 1 saturated heterocycles. The van der Waals surface area contributed by atoms with Gasteiger partial charge in [0, 0.05) is 68.0 Å². The number of benzene rings is 3. The molecule has 10 nitrogen and oxygen atoms in total. The number of hydrogen-bond acceptors (Lipinski definition) is 7. The zero-order valence-corrected chi connectivity index (χ0v) is 24.4. The minimum atomic E-state index is -4.07. The lowest BCUT2D eigenvalue weighted by Gasteiger charge is -2.39. The summed E-state index contributed by atoms with van der Waals surface area (Å²) in [6, 6.07) is 22.7. The summed E-state index contributed by atoms with van der Waals surface area (Å²) >= 11 is 0. The lowest BCUT2D eigenvalue weighted by molar-refractivity contribution is -0.387. The number of hydrogen-bond donors (Lipinski definition) is 0. The van der Waals surface area contributed by atoms with Gasteiger partial charge in [0.05, 0.1) is 16.5 Å². The van der Waals surface area contributed by atoms with Crippen LogP contribution >= 0.6 is 0 Å². The number of rotatable bonds is 9. The number of piperazine rings is 1. The van der Waals surface area contributed by atoms with Crippen LogP contribution in [-0.2, 0) is 10.0 Å². The van der Waals surface area contributed by atoms with Gasteiger partial charge in [-0.3, -0.25) is 24.8 Å². The zero-order valence-electron chi connectivity index (χ0n) is 23.6. The highest BCUT2D eigenvalue weighted by Gasteiger charge is 2.36. The Morgan fingerprint density at radius 2 is 1.60 bits per heavy atom. The summed E-state index contributed by atoms with van der Waals surface area (Å²) in [6.45, 7) is 6.29. The van der Waals surface area contributed by atoms with E-state index in [4.69, 9.17) is 0 Å². The molecule has 4 aromatic rings. The molecule has 3 aromatic carbocycles. The first-order valence-corrected chi connectivity index (χ1v) is 15.4. The molecule has 0 saturated carbocycles. The number of fused-ring (bicyclic) bond motifs is 1. The van der Waals surface area contributed by atoms with Crippen molar-refractivity contribution in [3.05, 3.63) is 112 Å². The number of aromatic nitrogens is 1. The SMILES string of the molecule is CCN(CC)C(=O)c1ccc(C(c2cccc3cccnc23)N2CCN(S(=O)(=O)c3ccccc3[N+](=O)[O-])CC2)cc1. The molecule has 1 fully saturated rings. The van der Waals surface area contributed by atoms with Crippen LogP contribution in [0.25, 0.3) is 10.9 Å². The van der Waals surface area contributed by atoms with E-state index < -0.39 is 20.6 Å². The van der Waals surface area contributed by atoms with Gasteiger partial charge in [0.25, 0.3) is 11.6 Å². The summed E-state index contributed by atoms with van der Waals surface area (Å²) in [6.07, 6.45) is 1.76. The Labute approximate surface area is 245 Å². The first kappa shape index (κ1) is 29.3. The summed E-state index contributed by atoms with van der Waals surface area (Å²) in [4.78, 5) is 32.2. The molecule has 1 aliphatic rings. The number of carbonyl (C=O) groups is 1. The molecule has 218 valence electrons. The molecule has 42 heavy (non-hydrogen) atoms. The van der Waals surface area contributed by atoms with E-state index in [0.29, 0.717) is 31.7 Å². The number of para-hydroxylation sites is 2. The van der Waals surface area contributed by atoms with Crippen LogP contribution in [0.5, 0.6) is 0 Å². The van der Waals surface area contributed by atoms with Gasteiger partial charge in [0.1, 0.15) is 0 Å². The number of nitro groups is 1. The molecule has 0 radical (unpaired) electrons. The second-order valence-electron chi connectivity index (χ2n) is 10.1. The van der Waals surface area contributed by atoms with Crippen molar-refractivity contribution in [3.63, 3.8) is 0 Å². The summed E-state index contributed by atoms with van der Waals surface area (Å²) in [5.41, 5.74) is 2.96. The van der Waals surface area contributed by atoms with E-state index in [-0.39, 0.29) is 29.9 Å². The maximum absolute atomic E-state index is 13.5. The Morgan fingerprint density at radius 3 is 2.26 bits per heavy atom. The summed E-state index contributed by atoms with van der Waals surface area (Å²) in [5.74, 6) is -0.0243. The number of pyridine rings is 1. The predicted molar refractivity (Wildman–Crippen MR) is 161 cm³/mol. The molecule has 1 unspecified atom stereocenters. The second kappa shape index (κ2) is 12.4. The van der Waals surface area contributed by atoms with Gasteiger partial charge in [-0.2, -0.15) is 4.31 Å². The smallest absolute Gasteiger partial charge is 0.289 e. The van der Waals surface area contributed by atoms with Crippen LogP contribution in [0.15, 0.2) is 90.0 Å². The molecule has 2 heterocycles. The zero-order chi connectivity index (χ0) is 29.9. The van der Waals surface area contributed by atoms with Crippen LogP contribution in [0.2, 0.25) is 0 Å². The van der Waals surface area contributed by atoms with Crippen molar-refractivity contribution >= 4 is 32.5 Å². The van der Waals surface area contributed by atoms with Crippen LogP contribution in [0.4, 0.5) is 5.69 Å². The maximum atomic E-state index is 13.5. The van der Waals surface area contributed by atoms with Crippen molar-refractivity contribution in [3.8, 4) is 0 Å². The fraction of sp³-hybridized carbons (Fsp3) is 0.290. The Hall–Kier alpha value is -4.19. The quantitative estimate of drug-likeness (QED) is 0.205. The van der Waals surface area contributed by atoms with Gasteiger partial charge >= 0.3 is 0 Å². The molecule has 5 rings (SSSR count). The van der Waals surface area contributed by atoms with Gasteiger partial charge in [-0.05, 0) is 43.7 Å². The number of nitrogens with zero attached hydrogens (tertiary/aromatic N) is 5. The molecule has 1 aliphatic heterocycles. The highest BCUT2D eigenvalue weighted by Crippen LogP contribution is 2.35. The van der Waals surface area contributed by atoms with E-state index >= 15 is 0 Å². The average Bonchev–Trinajstić information content (AvgIpc) is 3.02. The van der Waals surface area contributed by atoms with Gasteiger partial charge in [-0.1, -0.05) is 48.5 Å². The topological polar surface area (TPSA) is 117 Å². The molecule has 1 aromatic heterocycles. The molecular weight excluding hydrogens is 554 g/mol. The Balaban J connectivity index is 1.48. The second-order valence-corrected chi connectivity index (χ2v) is 12.0. The van der Waals surface area contributed by atoms with Gasteiger partial charge < -0.3 is 4.90 Å². The molecule has 0 spiro atoms. The van der Waals surface area contributed by atoms with Crippen LogP contribution in [0.1, 0.15) is 41.4 Å². The van der Waals surface area contributed by atoms with Crippen molar-refractivity contribution in [2.24, 2.45) is 0 Å². The van der Waals surface area contributed by atoms with Gasteiger partial charge in [-0.25, -0.2) is 8.42 Å². The van der Waals surface area contributed by atoms with Crippen molar-refractivity contribution in [2.45, 2.75) is 24.8 Å². The highest BCUT2D eigenvalue weighted by molar-refractivity contribution is 7.89. The van der Waals surface area contributed by atoms with E-state index in [2.05, 4.69) is 9.88 Å². The molecule has 0 N–H and O–H groups in total. The lowest BCUT2D eigenvalue weighted by Crippen LogP contribution is -2.49. The molecule has 0 bridgehead atoms. The normalized spacial score (nSPS) is 15.4. The number of amides is 1. The number of nitro benzene ring substituents is 1. The standard InChI is InChI=1S/C31H33N5O5S/c1-3-33(4-2)31(37)25-16-14-24(15-17-25)30(26-11-7-9-23-10-8-18-32-29(23)26)34-19-21-35(22-20-34)42(40,41)28-13-6-5-12-27(28)36(38)39/h5-18,30H,3-4,19-22H2,1-2H3. The van der Waals surface area contributed by atoms with Crippen molar-refractivity contribution in [1.29, 1.82) is 0 Å². The third-order valence-corrected chi connectivity index (χ3v) is 9.75. The minimum Gasteiger partial charge on any atom is -0.339 e. The van der Waals surface area contributed by atoms with E-state index in [1.165, 1.54) is 28.6 Å². The predicted octanol–water partition coefficient (Wildman–Crippen LogP) is 4.72. The van der Waals surface area contributed by atoms with Crippen molar-refractivity contribution < 1.29 is 18.1 Å². The monoisotopic (exact) mass is 587 g/mol. The maximum Gasteiger partial charge on any atom is 0.289 e. The van der Waals surface area contributed by atoms with E-state index in [1.54, 1.807) is 11.1 Å². The first-order chi connectivity index (χ1) is 20.3. The average molecular weight is 588 g/mol. The molecular formula is C31H33N5O5S. The number of sulfonamides is 1. The third kappa shape index (κ3) is 5.63. The lowest BCUT2D eigenvalue weighted by atomic mass is 9.93. The van der Waals surface area contributed by atoms with Crippen molar-refractivity contribution in [2.75, 3.05) is 39.3 Å². The summed E-state index contributed by atoms with van der Waals surface area (Å²) < 4.78 is 28.2. The third-order valence-electron chi connectivity index (χ3n) is 7.80. The van der Waals surface area contributed by atoms with Gasteiger partial charge in [0.15, 0.2) is 4.90 Å². The molecule has 11 heteroatoms. The first-order valence-electron chi connectivity index (χ1n) is 14.0. The van der Waals surface area contributed by atoms with Gasteiger partial charge in [-0.15, -0.1) is 0 Å². The van der Waals surface area contributed by atoms with E-state index in [1.807, 2.05) is 68.4 Å². The summed E-state index contributed by atoms with van der Waals surface area (Å²) in [5, 5.41) is 12.5. The minimum absolute atomic E-state index is 0.0243. The van der Waals surface area contributed by atoms with Crippen LogP contribution in [0.3, 0.4) is 0 Å². The number of carbonyl (C=O) groups excluding carboxylic acids is 1. The fourth-order valence-electron chi connectivity index (χ4n) is 5.60. The Morgan fingerprint density at radius 1 is 0.929 bits per heavy atom. The highest BCUT2D eigenvalue weighted by atomic mass is 32.2.